The molecule has 1 heterocycles. The van der Waals surface area contributed by atoms with Crippen molar-refractivity contribution in [3.8, 4) is 6.07 Å². The van der Waals surface area contributed by atoms with E-state index in [1.165, 1.54) is 35.7 Å². The number of benzene rings is 1. The highest BCUT2D eigenvalue weighted by Gasteiger charge is 2.18. The summed E-state index contributed by atoms with van der Waals surface area (Å²) < 4.78 is 5.13. The van der Waals surface area contributed by atoms with Gasteiger partial charge < -0.3 is 10.1 Å². The lowest BCUT2D eigenvalue weighted by molar-refractivity contribution is -0.150. The molecule has 1 aromatic carbocycles. The van der Waals surface area contributed by atoms with Gasteiger partial charge in [0.05, 0.1) is 16.3 Å². The Morgan fingerprint density at radius 3 is 2.88 bits per heavy atom. The highest BCUT2D eigenvalue weighted by molar-refractivity contribution is 7.99. The Labute approximate surface area is 158 Å². The van der Waals surface area contributed by atoms with Crippen molar-refractivity contribution >= 4 is 52.3 Å². The molecule has 2 rings (SSSR count). The Bertz CT molecular complexity index is 788. The van der Waals surface area contributed by atoms with Crippen LogP contribution in [0.5, 0.6) is 0 Å². The van der Waals surface area contributed by atoms with E-state index < -0.39 is 18.0 Å². The van der Waals surface area contributed by atoms with Gasteiger partial charge in [-0.1, -0.05) is 17.7 Å². The van der Waals surface area contributed by atoms with E-state index in [0.29, 0.717) is 11.3 Å². The number of thioether (sulfide) groups is 1. The van der Waals surface area contributed by atoms with Crippen LogP contribution in [0.25, 0.3) is 0 Å². The molecule has 0 bridgehead atoms. The quantitative estimate of drug-likeness (QED) is 0.716. The first-order valence-corrected chi connectivity index (χ1v) is 9.71. The maximum atomic E-state index is 12.1. The molecule has 0 spiro atoms. The van der Waals surface area contributed by atoms with Gasteiger partial charge in [-0.05, 0) is 36.6 Å². The number of thiophene rings is 1. The summed E-state index contributed by atoms with van der Waals surface area (Å²) in [4.78, 5) is 25.1. The lowest BCUT2D eigenvalue weighted by atomic mass is 10.2. The zero-order valence-electron chi connectivity index (χ0n) is 13.3. The topological polar surface area (TPSA) is 79.2 Å². The van der Waals surface area contributed by atoms with Gasteiger partial charge >= 0.3 is 5.97 Å². The molecule has 130 valence electrons. The average Bonchev–Trinajstić information content (AvgIpc) is 3.08. The molecule has 8 heteroatoms. The summed E-state index contributed by atoms with van der Waals surface area (Å²) in [5.74, 6) is 0.00871. The number of amides is 1. The summed E-state index contributed by atoms with van der Waals surface area (Å²) in [7, 11) is 0. The van der Waals surface area contributed by atoms with Gasteiger partial charge in [-0.3, -0.25) is 9.59 Å². The summed E-state index contributed by atoms with van der Waals surface area (Å²) in [6, 6.07) is 10.4. The van der Waals surface area contributed by atoms with Gasteiger partial charge in [-0.15, -0.1) is 23.1 Å². The van der Waals surface area contributed by atoms with E-state index in [2.05, 4.69) is 5.32 Å². The fraction of sp³-hybridized carbons (Fsp3) is 0.235. The molecule has 1 N–H and O–H groups in total. The van der Waals surface area contributed by atoms with Crippen LogP contribution in [0.15, 0.2) is 35.7 Å². The van der Waals surface area contributed by atoms with Gasteiger partial charge in [0.15, 0.2) is 6.10 Å². The van der Waals surface area contributed by atoms with Gasteiger partial charge in [0, 0.05) is 16.3 Å². The average molecular weight is 395 g/mol. The number of carbonyl (C=O) groups is 2. The zero-order chi connectivity index (χ0) is 18.2. The number of hydrogen-bond donors (Lipinski definition) is 1. The minimum atomic E-state index is -0.927. The Morgan fingerprint density at radius 1 is 1.44 bits per heavy atom. The predicted octanol–water partition coefficient (Wildman–Crippen LogP) is 4.08. The normalized spacial score (nSPS) is 11.4. The monoisotopic (exact) mass is 394 g/mol. The van der Waals surface area contributed by atoms with Crippen LogP contribution in [0.2, 0.25) is 5.02 Å². The minimum Gasteiger partial charge on any atom is -0.452 e. The Balaban J connectivity index is 1.78. The van der Waals surface area contributed by atoms with E-state index in [1.807, 2.05) is 23.6 Å². The molecule has 0 aliphatic rings. The van der Waals surface area contributed by atoms with E-state index in [4.69, 9.17) is 21.6 Å². The molecule has 0 radical (unpaired) electrons. The first-order chi connectivity index (χ1) is 12.0. The van der Waals surface area contributed by atoms with Gasteiger partial charge in [0.1, 0.15) is 6.07 Å². The Kier molecular flexibility index (Phi) is 7.31. The molecular formula is C17H15ClN2O3S2. The number of nitrogens with one attached hydrogen (secondary N) is 1. The largest absolute Gasteiger partial charge is 0.452 e. The second kappa shape index (κ2) is 9.47. The summed E-state index contributed by atoms with van der Waals surface area (Å²) in [5.41, 5.74) is 0.755. The Morgan fingerprint density at radius 2 is 2.24 bits per heavy atom. The lowest BCUT2D eigenvalue weighted by Gasteiger charge is -2.13. The van der Waals surface area contributed by atoms with Crippen LogP contribution < -0.4 is 5.32 Å². The van der Waals surface area contributed by atoms with Crippen molar-refractivity contribution in [1.29, 1.82) is 5.26 Å². The molecule has 2 aromatic rings. The van der Waals surface area contributed by atoms with Gasteiger partial charge in [0.25, 0.3) is 5.91 Å². The van der Waals surface area contributed by atoms with Crippen LogP contribution in [0.1, 0.15) is 17.4 Å². The highest BCUT2D eigenvalue weighted by Crippen LogP contribution is 2.21. The number of rotatable bonds is 7. The van der Waals surface area contributed by atoms with Crippen molar-refractivity contribution < 1.29 is 14.3 Å². The van der Waals surface area contributed by atoms with E-state index in [1.54, 1.807) is 17.4 Å². The number of anilines is 1. The second-order valence-electron chi connectivity index (χ2n) is 5.00. The summed E-state index contributed by atoms with van der Waals surface area (Å²) in [6.07, 6.45) is -0.927. The minimum absolute atomic E-state index is 0.179. The molecule has 5 nitrogen and oxygen atoms in total. The van der Waals surface area contributed by atoms with Crippen LogP contribution in [0, 0.1) is 11.3 Å². The molecule has 0 aliphatic carbocycles. The molecule has 1 amide bonds. The SMILES string of the molecule is C[C@H](OC(=O)CSCc1cccs1)C(=O)Nc1ccc(C#N)c(Cl)c1. The number of ether oxygens (including phenoxy) is 1. The maximum absolute atomic E-state index is 12.1. The Hall–Kier alpha value is -2.01. The van der Waals surface area contributed by atoms with Crippen LogP contribution in [-0.4, -0.2) is 23.7 Å². The van der Waals surface area contributed by atoms with Gasteiger partial charge in [-0.25, -0.2) is 0 Å². The number of halogens is 1. The predicted molar refractivity (Wildman–Crippen MR) is 101 cm³/mol. The smallest absolute Gasteiger partial charge is 0.316 e. The van der Waals surface area contributed by atoms with E-state index >= 15 is 0 Å². The summed E-state index contributed by atoms with van der Waals surface area (Å²) in [5, 5.41) is 13.7. The zero-order valence-corrected chi connectivity index (χ0v) is 15.7. The summed E-state index contributed by atoms with van der Waals surface area (Å²) in [6.45, 7) is 1.50. The van der Waals surface area contributed by atoms with Crippen molar-refractivity contribution in [2.24, 2.45) is 0 Å². The van der Waals surface area contributed by atoms with Crippen LogP contribution in [-0.2, 0) is 20.1 Å². The second-order valence-corrected chi connectivity index (χ2v) is 7.42. The van der Waals surface area contributed by atoms with E-state index in [0.717, 1.165) is 5.75 Å². The highest BCUT2D eigenvalue weighted by atomic mass is 35.5. The molecule has 25 heavy (non-hydrogen) atoms. The standard InChI is InChI=1S/C17H15ClN2O3S2/c1-11(23-16(21)10-24-9-14-3-2-6-25-14)17(22)20-13-5-4-12(8-19)15(18)7-13/h2-7,11H,9-10H2,1H3,(H,20,22)/t11-/m0/s1. The van der Waals surface area contributed by atoms with Crippen LogP contribution in [0.4, 0.5) is 5.69 Å². The molecule has 0 unspecified atom stereocenters. The first kappa shape index (κ1) is 19.3. The first-order valence-electron chi connectivity index (χ1n) is 7.29. The van der Waals surface area contributed by atoms with Crippen LogP contribution in [0.3, 0.4) is 0 Å². The van der Waals surface area contributed by atoms with E-state index in [-0.39, 0.29) is 10.8 Å². The summed E-state index contributed by atoms with van der Waals surface area (Å²) >= 11 is 8.98. The third-order valence-electron chi connectivity index (χ3n) is 3.08. The molecule has 0 aliphatic heterocycles. The van der Waals surface area contributed by atoms with Crippen molar-refractivity contribution in [3.63, 3.8) is 0 Å². The fourth-order valence-electron chi connectivity index (χ4n) is 1.84. The number of hydrogen-bond acceptors (Lipinski definition) is 6. The van der Waals surface area contributed by atoms with Crippen molar-refractivity contribution in [3.05, 3.63) is 51.2 Å². The van der Waals surface area contributed by atoms with Crippen molar-refractivity contribution in [2.45, 2.75) is 18.8 Å². The van der Waals surface area contributed by atoms with Crippen molar-refractivity contribution in [1.82, 2.24) is 0 Å². The number of esters is 1. The van der Waals surface area contributed by atoms with Gasteiger partial charge in [0.2, 0.25) is 0 Å². The van der Waals surface area contributed by atoms with Crippen LogP contribution >= 0.6 is 34.7 Å². The molecular weight excluding hydrogens is 380 g/mol. The molecule has 1 aromatic heterocycles. The van der Waals surface area contributed by atoms with E-state index in [9.17, 15) is 9.59 Å². The fourth-order valence-corrected chi connectivity index (χ4v) is 3.71. The molecule has 0 saturated heterocycles. The maximum Gasteiger partial charge on any atom is 0.316 e. The number of nitriles is 1. The van der Waals surface area contributed by atoms with Crippen molar-refractivity contribution in [2.75, 3.05) is 11.1 Å². The number of nitrogens with zero attached hydrogens (tertiary/aromatic N) is 1. The molecule has 0 fully saturated rings. The third-order valence-corrected chi connectivity index (χ3v) is 5.41. The third kappa shape index (κ3) is 6.09. The number of carbonyl (C=O) groups excluding carboxylic acids is 2. The van der Waals surface area contributed by atoms with Gasteiger partial charge in [-0.2, -0.15) is 5.26 Å². The lowest BCUT2D eigenvalue weighted by Crippen LogP contribution is -2.30. The molecule has 1 atom stereocenters. The molecule has 0 saturated carbocycles.